The molecule has 1 aromatic heterocycles. The monoisotopic (exact) mass is 295 g/mol. The van der Waals surface area contributed by atoms with Crippen LogP contribution >= 0.6 is 0 Å². The van der Waals surface area contributed by atoms with Gasteiger partial charge in [-0.15, -0.1) is 0 Å². The Kier molecular flexibility index (Phi) is 5.17. The zero-order valence-electron chi connectivity index (χ0n) is 12.8. The van der Waals surface area contributed by atoms with Crippen molar-refractivity contribution in [3.63, 3.8) is 0 Å². The largest absolute Gasteiger partial charge is 0.360 e. The fourth-order valence-corrected chi connectivity index (χ4v) is 3.24. The second kappa shape index (κ2) is 6.89. The molecule has 1 heterocycles. The van der Waals surface area contributed by atoms with Crippen LogP contribution in [0.2, 0.25) is 0 Å². The van der Waals surface area contributed by atoms with Crippen molar-refractivity contribution in [2.24, 2.45) is 11.7 Å². The maximum Gasteiger partial charge on any atom is 0.333 e. The minimum Gasteiger partial charge on any atom is -0.360 e. The maximum atomic E-state index is 11.3. The quantitative estimate of drug-likeness (QED) is 0.620. The molecule has 1 aliphatic carbocycles. The molecule has 0 saturated heterocycles. The van der Waals surface area contributed by atoms with E-state index in [0.717, 1.165) is 12.8 Å². The highest BCUT2D eigenvalue weighted by Crippen LogP contribution is 2.32. The molecule has 21 heavy (non-hydrogen) atoms. The average molecular weight is 295 g/mol. The molecule has 1 atom stereocenters. The van der Waals surface area contributed by atoms with E-state index in [2.05, 4.69) is 10.4 Å². The molecule has 7 nitrogen and oxygen atoms in total. The molecule has 1 saturated carbocycles. The van der Waals surface area contributed by atoms with E-state index in [1.54, 1.807) is 11.6 Å². The number of aromatic nitrogens is 2. The maximum absolute atomic E-state index is 11.3. The summed E-state index contributed by atoms with van der Waals surface area (Å²) in [6.45, 7) is 4.68. The van der Waals surface area contributed by atoms with Crippen LogP contribution in [0.25, 0.3) is 0 Å². The highest BCUT2D eigenvalue weighted by molar-refractivity contribution is 5.60. The third kappa shape index (κ3) is 3.34. The summed E-state index contributed by atoms with van der Waals surface area (Å²) in [5, 5.41) is 18.9. The number of nitrogens with zero attached hydrogens (tertiary/aromatic N) is 3. The van der Waals surface area contributed by atoms with Crippen LogP contribution in [0.4, 0.5) is 11.5 Å². The van der Waals surface area contributed by atoms with Crippen molar-refractivity contribution < 1.29 is 4.92 Å². The van der Waals surface area contributed by atoms with Crippen molar-refractivity contribution in [3.8, 4) is 0 Å². The zero-order chi connectivity index (χ0) is 15.4. The van der Waals surface area contributed by atoms with E-state index in [-0.39, 0.29) is 16.7 Å². The Hall–Kier alpha value is -1.63. The lowest BCUT2D eigenvalue weighted by Crippen LogP contribution is -2.38. The molecule has 0 bridgehead atoms. The molecule has 3 N–H and O–H groups in total. The highest BCUT2D eigenvalue weighted by Gasteiger charge is 2.29. The van der Waals surface area contributed by atoms with Gasteiger partial charge < -0.3 is 11.1 Å². The lowest BCUT2D eigenvalue weighted by atomic mass is 9.84. The van der Waals surface area contributed by atoms with E-state index in [4.69, 9.17) is 5.73 Å². The van der Waals surface area contributed by atoms with Gasteiger partial charge in [0.1, 0.15) is 5.69 Å². The lowest BCUT2D eigenvalue weighted by Gasteiger charge is -2.30. The second-order valence-corrected chi connectivity index (χ2v) is 5.74. The summed E-state index contributed by atoms with van der Waals surface area (Å²) >= 11 is 0. The Bertz CT molecular complexity index is 494. The van der Waals surface area contributed by atoms with Crippen molar-refractivity contribution in [2.45, 2.75) is 58.5 Å². The van der Waals surface area contributed by atoms with E-state index < -0.39 is 0 Å². The summed E-state index contributed by atoms with van der Waals surface area (Å²) in [6.07, 6.45) is 6.00. The molecule has 0 spiro atoms. The molecule has 1 aromatic rings. The highest BCUT2D eigenvalue weighted by atomic mass is 16.6. The molecule has 1 fully saturated rings. The number of anilines is 1. The Morgan fingerprint density at radius 2 is 2.14 bits per heavy atom. The summed E-state index contributed by atoms with van der Waals surface area (Å²) in [6, 6.07) is 0.0744. The second-order valence-electron chi connectivity index (χ2n) is 5.74. The smallest absolute Gasteiger partial charge is 0.333 e. The minimum atomic E-state index is -0.356. The Morgan fingerprint density at radius 1 is 1.48 bits per heavy atom. The molecule has 0 aliphatic heterocycles. The van der Waals surface area contributed by atoms with Gasteiger partial charge in [0.15, 0.2) is 0 Å². The Labute approximate surface area is 125 Å². The van der Waals surface area contributed by atoms with E-state index in [9.17, 15) is 10.1 Å². The number of hydrogen-bond donors (Lipinski definition) is 2. The first-order valence-corrected chi connectivity index (χ1v) is 7.76. The Balaban J connectivity index is 2.25. The molecule has 0 radical (unpaired) electrons. The fourth-order valence-electron chi connectivity index (χ4n) is 3.24. The standard InChI is InChI=1S/C14H25N5O2/c1-3-18-14(13(19(20)21)10(2)17-18)16-12(9-15)11-7-5-4-6-8-11/h11-12,16H,3-9,15H2,1-2H3. The third-order valence-corrected chi connectivity index (χ3v) is 4.37. The SMILES string of the molecule is CCn1nc(C)c([N+](=O)[O-])c1NC(CN)C1CCCCC1. The molecular formula is C14H25N5O2. The fraction of sp³-hybridized carbons (Fsp3) is 0.786. The lowest BCUT2D eigenvalue weighted by molar-refractivity contribution is -0.384. The van der Waals surface area contributed by atoms with Crippen LogP contribution in [0.5, 0.6) is 0 Å². The number of nitro groups is 1. The van der Waals surface area contributed by atoms with Gasteiger partial charge in [-0.25, -0.2) is 4.68 Å². The van der Waals surface area contributed by atoms with E-state index in [1.165, 1.54) is 19.3 Å². The van der Waals surface area contributed by atoms with Gasteiger partial charge in [0.05, 0.1) is 4.92 Å². The number of rotatable bonds is 6. The van der Waals surface area contributed by atoms with Crippen LogP contribution < -0.4 is 11.1 Å². The van der Waals surface area contributed by atoms with Crippen LogP contribution in [0.15, 0.2) is 0 Å². The summed E-state index contributed by atoms with van der Waals surface area (Å²) in [5.41, 5.74) is 6.44. The van der Waals surface area contributed by atoms with Gasteiger partial charge in [0.25, 0.3) is 0 Å². The van der Waals surface area contributed by atoms with Crippen molar-refractivity contribution in [1.29, 1.82) is 0 Å². The number of hydrogen-bond acceptors (Lipinski definition) is 5. The third-order valence-electron chi connectivity index (χ3n) is 4.37. The predicted octanol–water partition coefficient (Wildman–Crippen LogP) is 2.44. The molecule has 7 heteroatoms. The van der Waals surface area contributed by atoms with Crippen molar-refractivity contribution in [2.75, 3.05) is 11.9 Å². The molecule has 1 aliphatic rings. The first-order valence-electron chi connectivity index (χ1n) is 7.76. The van der Waals surface area contributed by atoms with Gasteiger partial charge in [0.2, 0.25) is 5.82 Å². The molecule has 0 aromatic carbocycles. The minimum absolute atomic E-state index is 0.0744. The van der Waals surface area contributed by atoms with Gasteiger partial charge in [-0.1, -0.05) is 19.3 Å². The molecule has 1 unspecified atom stereocenters. The van der Waals surface area contributed by atoms with Gasteiger partial charge in [-0.05, 0) is 32.6 Å². The zero-order valence-corrected chi connectivity index (χ0v) is 12.8. The first-order chi connectivity index (χ1) is 10.1. The number of nitrogens with one attached hydrogen (secondary N) is 1. The van der Waals surface area contributed by atoms with Crippen LogP contribution in [-0.2, 0) is 6.54 Å². The van der Waals surface area contributed by atoms with Gasteiger partial charge in [-0.2, -0.15) is 5.10 Å². The van der Waals surface area contributed by atoms with E-state index in [1.807, 2.05) is 6.92 Å². The van der Waals surface area contributed by atoms with Gasteiger partial charge in [0, 0.05) is 19.1 Å². The summed E-state index contributed by atoms with van der Waals surface area (Å²) < 4.78 is 1.67. The van der Waals surface area contributed by atoms with Crippen molar-refractivity contribution >= 4 is 11.5 Å². The van der Waals surface area contributed by atoms with Gasteiger partial charge >= 0.3 is 5.69 Å². The van der Waals surface area contributed by atoms with Crippen LogP contribution in [0.3, 0.4) is 0 Å². The van der Waals surface area contributed by atoms with Crippen LogP contribution in [0, 0.1) is 23.0 Å². The van der Waals surface area contributed by atoms with Crippen LogP contribution in [-0.4, -0.2) is 27.3 Å². The molecule has 2 rings (SSSR count). The topological polar surface area (TPSA) is 99.0 Å². The Morgan fingerprint density at radius 3 is 2.67 bits per heavy atom. The summed E-state index contributed by atoms with van der Waals surface area (Å²) in [5.74, 6) is 0.991. The summed E-state index contributed by atoms with van der Waals surface area (Å²) in [7, 11) is 0. The van der Waals surface area contributed by atoms with Crippen molar-refractivity contribution in [1.82, 2.24) is 9.78 Å². The number of nitrogens with two attached hydrogens (primary N) is 1. The predicted molar refractivity (Wildman–Crippen MR) is 82.3 cm³/mol. The van der Waals surface area contributed by atoms with Gasteiger partial charge in [-0.3, -0.25) is 10.1 Å². The molecule has 118 valence electrons. The average Bonchev–Trinajstić information content (AvgIpc) is 2.81. The molecule has 0 amide bonds. The van der Waals surface area contributed by atoms with Crippen LogP contribution in [0.1, 0.15) is 44.7 Å². The summed E-state index contributed by atoms with van der Waals surface area (Å²) in [4.78, 5) is 10.9. The van der Waals surface area contributed by atoms with Crippen molar-refractivity contribution in [3.05, 3.63) is 15.8 Å². The first kappa shape index (κ1) is 15.8. The normalized spacial score (nSPS) is 17.7. The number of aryl methyl sites for hydroxylation is 2. The van der Waals surface area contributed by atoms with E-state index >= 15 is 0 Å². The van der Waals surface area contributed by atoms with E-state index in [0.29, 0.717) is 30.5 Å². The molecular weight excluding hydrogens is 270 g/mol.